The third-order valence-corrected chi connectivity index (χ3v) is 6.64. The van der Waals surface area contributed by atoms with Crippen molar-refractivity contribution < 1.29 is 17.6 Å². The molecule has 0 aromatic heterocycles. The van der Waals surface area contributed by atoms with Gasteiger partial charge < -0.3 is 11.1 Å². The van der Waals surface area contributed by atoms with Gasteiger partial charge in [-0.25, -0.2) is 12.8 Å². The zero-order chi connectivity index (χ0) is 22.8. The Morgan fingerprint density at radius 2 is 1.71 bits per heavy atom. The quantitative estimate of drug-likeness (QED) is 0.426. The number of nitrogens with one attached hydrogen (secondary N) is 2. The van der Waals surface area contributed by atoms with Crippen molar-refractivity contribution in [2.75, 3.05) is 10.0 Å². The third-order valence-electron chi connectivity index (χ3n) is 4.22. The Kier molecular flexibility index (Phi) is 7.08. The molecule has 0 atom stereocenters. The molecule has 0 bridgehead atoms. The van der Waals surface area contributed by atoms with Gasteiger partial charge in [0, 0.05) is 12.2 Å². The van der Waals surface area contributed by atoms with Crippen LogP contribution in [-0.2, 0) is 16.6 Å². The molecule has 0 spiro atoms. The molecule has 3 aromatic rings. The van der Waals surface area contributed by atoms with Crippen molar-refractivity contribution in [2.24, 2.45) is 5.73 Å². The van der Waals surface area contributed by atoms with Crippen LogP contribution in [-0.4, -0.2) is 14.3 Å². The third kappa shape index (κ3) is 5.28. The summed E-state index contributed by atoms with van der Waals surface area (Å²) < 4.78 is 42.0. The Morgan fingerprint density at radius 3 is 2.35 bits per heavy atom. The second-order valence-electron chi connectivity index (χ2n) is 6.31. The van der Waals surface area contributed by atoms with Crippen LogP contribution in [0.2, 0.25) is 15.1 Å². The molecule has 11 heteroatoms. The fourth-order valence-electron chi connectivity index (χ4n) is 2.68. The highest BCUT2D eigenvalue weighted by Gasteiger charge is 2.19. The summed E-state index contributed by atoms with van der Waals surface area (Å²) >= 11 is 17.7. The molecule has 0 saturated heterocycles. The number of nitrogens with two attached hydrogens (primary N) is 1. The molecule has 4 N–H and O–H groups in total. The van der Waals surface area contributed by atoms with Crippen LogP contribution >= 0.6 is 34.8 Å². The zero-order valence-corrected chi connectivity index (χ0v) is 18.7. The Hall–Kier alpha value is -2.36. The van der Waals surface area contributed by atoms with Gasteiger partial charge in [-0.05, 0) is 48.0 Å². The second kappa shape index (κ2) is 9.42. The number of hydrogen-bond donors (Lipinski definition) is 3. The lowest BCUT2D eigenvalue weighted by Crippen LogP contribution is -2.17. The highest BCUT2D eigenvalue weighted by Crippen LogP contribution is 2.28. The van der Waals surface area contributed by atoms with E-state index in [0.717, 1.165) is 6.07 Å². The molecule has 31 heavy (non-hydrogen) atoms. The summed E-state index contributed by atoms with van der Waals surface area (Å²) in [4.78, 5) is 12.4. The maximum Gasteiger partial charge on any atom is 0.261 e. The molecular formula is C20H15Cl3FN3O3S. The first-order valence-electron chi connectivity index (χ1n) is 8.68. The van der Waals surface area contributed by atoms with Crippen LogP contribution < -0.4 is 15.8 Å². The zero-order valence-electron chi connectivity index (χ0n) is 15.6. The van der Waals surface area contributed by atoms with E-state index < -0.39 is 21.7 Å². The largest absolute Gasteiger partial charge is 0.326 e. The molecule has 0 aliphatic carbocycles. The van der Waals surface area contributed by atoms with E-state index >= 15 is 0 Å². The molecule has 6 nitrogen and oxygen atoms in total. The van der Waals surface area contributed by atoms with Crippen LogP contribution in [0.15, 0.2) is 59.5 Å². The lowest BCUT2D eigenvalue weighted by Gasteiger charge is -2.15. The summed E-state index contributed by atoms with van der Waals surface area (Å²) in [6.45, 7) is 0.0204. The Balaban J connectivity index is 1.92. The summed E-state index contributed by atoms with van der Waals surface area (Å²) in [5.41, 5.74) is 6.17. The van der Waals surface area contributed by atoms with Crippen LogP contribution in [0.3, 0.4) is 0 Å². The summed E-state index contributed by atoms with van der Waals surface area (Å²) in [7, 11) is -4.04. The highest BCUT2D eigenvalue weighted by atomic mass is 35.5. The topological polar surface area (TPSA) is 101 Å². The predicted octanol–water partition coefficient (Wildman–Crippen LogP) is 5.30. The Morgan fingerprint density at radius 1 is 0.968 bits per heavy atom. The van der Waals surface area contributed by atoms with Crippen molar-refractivity contribution in [1.29, 1.82) is 0 Å². The van der Waals surface area contributed by atoms with Crippen molar-refractivity contribution in [3.63, 3.8) is 0 Å². The van der Waals surface area contributed by atoms with E-state index in [9.17, 15) is 17.6 Å². The number of carbonyl (C=O) groups excluding carboxylic acids is 1. The van der Waals surface area contributed by atoms with Crippen LogP contribution in [0.5, 0.6) is 0 Å². The van der Waals surface area contributed by atoms with E-state index in [1.54, 1.807) is 0 Å². The van der Waals surface area contributed by atoms with E-state index in [0.29, 0.717) is 5.56 Å². The first-order valence-corrected chi connectivity index (χ1v) is 11.3. The van der Waals surface area contributed by atoms with Gasteiger partial charge in [-0.2, -0.15) is 0 Å². The second-order valence-corrected chi connectivity index (χ2v) is 9.21. The minimum atomic E-state index is -4.04. The molecule has 0 unspecified atom stereocenters. The number of halogens is 4. The Bertz CT molecular complexity index is 1250. The van der Waals surface area contributed by atoms with Crippen molar-refractivity contribution >= 4 is 62.1 Å². The van der Waals surface area contributed by atoms with E-state index in [4.69, 9.17) is 40.5 Å². The van der Waals surface area contributed by atoms with Gasteiger partial charge in [-0.1, -0.05) is 46.9 Å². The van der Waals surface area contributed by atoms with Gasteiger partial charge >= 0.3 is 0 Å². The minimum Gasteiger partial charge on any atom is -0.326 e. The van der Waals surface area contributed by atoms with Gasteiger partial charge in [0.15, 0.2) is 0 Å². The molecule has 1 amide bonds. The number of carbonyl (C=O) groups is 1. The number of rotatable bonds is 6. The summed E-state index contributed by atoms with van der Waals surface area (Å²) in [6, 6.07) is 12.1. The van der Waals surface area contributed by atoms with Gasteiger partial charge in [0.1, 0.15) is 5.82 Å². The minimum absolute atomic E-state index is 0.0204. The molecule has 3 aromatic carbocycles. The average molecular weight is 503 g/mol. The SMILES string of the molecule is NCc1ccc(NC(=O)c2c(F)cccc2Cl)cc1NS(=O)(=O)c1ccc(Cl)c(Cl)c1. The number of sulfonamides is 1. The molecule has 0 saturated carbocycles. The van der Waals surface area contributed by atoms with Gasteiger partial charge in [0.05, 0.1) is 31.2 Å². The first kappa shape index (κ1) is 23.3. The maximum absolute atomic E-state index is 14.0. The van der Waals surface area contributed by atoms with Crippen LogP contribution in [0.1, 0.15) is 15.9 Å². The molecular weight excluding hydrogens is 488 g/mol. The monoisotopic (exact) mass is 501 g/mol. The number of amides is 1. The van der Waals surface area contributed by atoms with Gasteiger partial charge in [-0.3, -0.25) is 9.52 Å². The van der Waals surface area contributed by atoms with Gasteiger partial charge in [0.2, 0.25) is 0 Å². The summed E-state index contributed by atoms with van der Waals surface area (Å²) in [5, 5.41) is 2.72. The summed E-state index contributed by atoms with van der Waals surface area (Å²) in [6.07, 6.45) is 0. The molecule has 0 heterocycles. The molecule has 3 rings (SSSR count). The molecule has 0 radical (unpaired) electrons. The van der Waals surface area contributed by atoms with Crippen LogP contribution in [0.4, 0.5) is 15.8 Å². The van der Waals surface area contributed by atoms with Crippen LogP contribution in [0.25, 0.3) is 0 Å². The van der Waals surface area contributed by atoms with E-state index in [1.165, 1.54) is 48.5 Å². The molecule has 0 aliphatic rings. The van der Waals surface area contributed by atoms with Crippen molar-refractivity contribution in [2.45, 2.75) is 11.4 Å². The molecule has 0 aliphatic heterocycles. The standard InChI is InChI=1S/C20H15Cl3FN3O3S/c21-14-7-6-13(9-16(14)23)31(29,30)27-18-8-12(5-4-11(18)10-25)26-20(28)19-15(22)2-1-3-17(19)24/h1-9,27H,10,25H2,(H,26,28). The first-order chi connectivity index (χ1) is 14.6. The van der Waals surface area contributed by atoms with Gasteiger partial charge in [-0.15, -0.1) is 0 Å². The number of hydrogen-bond acceptors (Lipinski definition) is 4. The fraction of sp³-hybridized carbons (Fsp3) is 0.0500. The van der Waals surface area contributed by atoms with E-state index in [1.807, 2.05) is 0 Å². The lowest BCUT2D eigenvalue weighted by atomic mass is 10.1. The number of benzene rings is 3. The smallest absolute Gasteiger partial charge is 0.261 e. The molecule has 0 fully saturated rings. The van der Waals surface area contributed by atoms with E-state index in [2.05, 4.69) is 10.0 Å². The average Bonchev–Trinajstić information content (AvgIpc) is 2.70. The van der Waals surface area contributed by atoms with Gasteiger partial charge in [0.25, 0.3) is 15.9 Å². The van der Waals surface area contributed by atoms with Crippen molar-refractivity contribution in [1.82, 2.24) is 0 Å². The van der Waals surface area contributed by atoms with E-state index in [-0.39, 0.29) is 43.4 Å². The number of anilines is 2. The maximum atomic E-state index is 14.0. The lowest BCUT2D eigenvalue weighted by molar-refractivity contribution is 0.102. The van der Waals surface area contributed by atoms with Crippen LogP contribution in [0, 0.1) is 5.82 Å². The predicted molar refractivity (Wildman–Crippen MR) is 121 cm³/mol. The molecule has 162 valence electrons. The fourth-order valence-corrected chi connectivity index (χ4v) is 4.41. The van der Waals surface area contributed by atoms with Crippen molar-refractivity contribution in [3.05, 3.63) is 86.6 Å². The normalized spacial score (nSPS) is 11.3. The summed E-state index contributed by atoms with van der Waals surface area (Å²) in [5.74, 6) is -1.58. The highest BCUT2D eigenvalue weighted by molar-refractivity contribution is 7.92. The Labute approximate surface area is 193 Å². The van der Waals surface area contributed by atoms with Crippen molar-refractivity contribution in [3.8, 4) is 0 Å².